The lowest BCUT2D eigenvalue weighted by molar-refractivity contribution is 0.430. The zero-order valence-electron chi connectivity index (χ0n) is 10.5. The van der Waals surface area contributed by atoms with Crippen molar-refractivity contribution in [1.82, 2.24) is 5.32 Å². The van der Waals surface area contributed by atoms with Crippen molar-refractivity contribution in [3.8, 4) is 0 Å². The first-order chi connectivity index (χ1) is 7.69. The van der Waals surface area contributed by atoms with Crippen LogP contribution >= 0.6 is 11.6 Å². The van der Waals surface area contributed by atoms with Gasteiger partial charge in [0.05, 0.1) is 0 Å². The van der Waals surface area contributed by atoms with Crippen molar-refractivity contribution in [3.05, 3.63) is 34.9 Å². The minimum absolute atomic E-state index is 0.539. The van der Waals surface area contributed by atoms with Gasteiger partial charge in [-0.25, -0.2) is 0 Å². The van der Waals surface area contributed by atoms with Crippen LogP contribution in [0.4, 0.5) is 0 Å². The Morgan fingerprint density at radius 1 is 1.19 bits per heavy atom. The van der Waals surface area contributed by atoms with Gasteiger partial charge in [-0.15, -0.1) is 0 Å². The molecule has 0 amide bonds. The number of likely N-dealkylation sites (N-methyl/N-ethyl adjacent to an activating group) is 1. The molecule has 0 aliphatic carbocycles. The zero-order chi connectivity index (χ0) is 12.0. The van der Waals surface area contributed by atoms with E-state index in [-0.39, 0.29) is 0 Å². The van der Waals surface area contributed by atoms with E-state index in [1.165, 1.54) is 18.4 Å². The molecule has 1 aromatic carbocycles. The summed E-state index contributed by atoms with van der Waals surface area (Å²) < 4.78 is 0. The lowest BCUT2D eigenvalue weighted by atomic mass is 9.90. The molecular weight excluding hydrogens is 218 g/mol. The molecular formula is C14H22ClN. The van der Waals surface area contributed by atoms with Crippen LogP contribution in [0.15, 0.2) is 24.3 Å². The van der Waals surface area contributed by atoms with E-state index >= 15 is 0 Å². The molecule has 0 saturated carbocycles. The summed E-state index contributed by atoms with van der Waals surface area (Å²) in [5.41, 5.74) is 1.36. The van der Waals surface area contributed by atoms with Crippen molar-refractivity contribution in [1.29, 1.82) is 0 Å². The largest absolute Gasteiger partial charge is 0.314 e. The average Bonchev–Trinajstić information content (AvgIpc) is 2.29. The Balaban J connectivity index is 2.72. The monoisotopic (exact) mass is 239 g/mol. The summed E-state index contributed by atoms with van der Waals surface area (Å²) in [6.07, 6.45) is 2.44. The van der Waals surface area contributed by atoms with Gasteiger partial charge in [0.15, 0.2) is 0 Å². The van der Waals surface area contributed by atoms with Crippen molar-refractivity contribution in [3.63, 3.8) is 0 Å². The van der Waals surface area contributed by atoms with E-state index in [0.29, 0.717) is 12.0 Å². The molecule has 16 heavy (non-hydrogen) atoms. The molecule has 1 aromatic rings. The number of halogens is 1. The van der Waals surface area contributed by atoms with Gasteiger partial charge in [-0.1, -0.05) is 50.9 Å². The van der Waals surface area contributed by atoms with Crippen molar-refractivity contribution >= 4 is 11.6 Å². The standard InChI is InChI=1S/C14H22ClN/c1-4-6-14(16-5-2)11(3)12-7-9-13(15)10-8-12/h7-11,14,16H,4-6H2,1-3H3. The van der Waals surface area contributed by atoms with Crippen molar-refractivity contribution in [2.75, 3.05) is 6.54 Å². The van der Waals surface area contributed by atoms with Crippen LogP contribution in [0, 0.1) is 0 Å². The molecule has 0 aromatic heterocycles. The molecule has 0 bridgehead atoms. The molecule has 2 atom stereocenters. The van der Waals surface area contributed by atoms with E-state index in [1.54, 1.807) is 0 Å². The molecule has 0 aliphatic rings. The molecule has 1 nitrogen and oxygen atoms in total. The van der Waals surface area contributed by atoms with Gasteiger partial charge in [0.25, 0.3) is 0 Å². The summed E-state index contributed by atoms with van der Waals surface area (Å²) in [4.78, 5) is 0. The summed E-state index contributed by atoms with van der Waals surface area (Å²) in [5, 5.41) is 4.37. The van der Waals surface area contributed by atoms with Crippen LogP contribution < -0.4 is 5.32 Å². The Kier molecular flexibility index (Phi) is 5.86. The van der Waals surface area contributed by atoms with Gasteiger partial charge >= 0.3 is 0 Å². The Hall–Kier alpha value is -0.530. The van der Waals surface area contributed by atoms with Gasteiger partial charge in [-0.2, -0.15) is 0 Å². The number of nitrogens with one attached hydrogen (secondary N) is 1. The third kappa shape index (κ3) is 3.80. The van der Waals surface area contributed by atoms with Crippen LogP contribution in [0.1, 0.15) is 45.1 Å². The Morgan fingerprint density at radius 3 is 2.31 bits per heavy atom. The van der Waals surface area contributed by atoms with Gasteiger partial charge in [0.2, 0.25) is 0 Å². The highest BCUT2D eigenvalue weighted by Gasteiger charge is 2.16. The fourth-order valence-electron chi connectivity index (χ4n) is 2.10. The molecule has 1 rings (SSSR count). The first-order valence-electron chi connectivity index (χ1n) is 6.17. The average molecular weight is 240 g/mol. The van der Waals surface area contributed by atoms with Crippen molar-refractivity contribution in [2.45, 2.75) is 45.6 Å². The summed E-state index contributed by atoms with van der Waals surface area (Å²) >= 11 is 5.90. The Morgan fingerprint density at radius 2 is 1.81 bits per heavy atom. The fraction of sp³-hybridized carbons (Fsp3) is 0.571. The highest BCUT2D eigenvalue weighted by molar-refractivity contribution is 6.30. The second-order valence-electron chi connectivity index (χ2n) is 4.29. The van der Waals surface area contributed by atoms with Crippen LogP contribution in [0.5, 0.6) is 0 Å². The van der Waals surface area contributed by atoms with Gasteiger partial charge in [-0.05, 0) is 36.6 Å². The molecule has 0 fully saturated rings. The summed E-state index contributed by atoms with van der Waals surface area (Å²) in [6.45, 7) is 7.71. The first kappa shape index (κ1) is 13.5. The zero-order valence-corrected chi connectivity index (χ0v) is 11.2. The lowest BCUT2D eigenvalue weighted by Gasteiger charge is -2.25. The number of benzene rings is 1. The Bertz CT molecular complexity index is 288. The minimum atomic E-state index is 0.539. The van der Waals surface area contributed by atoms with E-state index in [0.717, 1.165) is 11.6 Å². The van der Waals surface area contributed by atoms with E-state index in [2.05, 4.69) is 38.2 Å². The van der Waals surface area contributed by atoms with Crippen LogP contribution in [-0.4, -0.2) is 12.6 Å². The number of hydrogen-bond donors (Lipinski definition) is 1. The van der Waals surface area contributed by atoms with E-state index < -0.39 is 0 Å². The summed E-state index contributed by atoms with van der Waals surface area (Å²) in [6, 6.07) is 8.78. The molecule has 0 radical (unpaired) electrons. The Labute approximate surface area is 104 Å². The van der Waals surface area contributed by atoms with Crippen molar-refractivity contribution in [2.24, 2.45) is 0 Å². The maximum atomic E-state index is 5.90. The highest BCUT2D eigenvalue weighted by Crippen LogP contribution is 2.23. The first-order valence-corrected chi connectivity index (χ1v) is 6.55. The van der Waals surface area contributed by atoms with E-state index in [1.807, 2.05) is 12.1 Å². The van der Waals surface area contributed by atoms with Crippen LogP contribution in [0.2, 0.25) is 5.02 Å². The van der Waals surface area contributed by atoms with Gasteiger partial charge in [0.1, 0.15) is 0 Å². The normalized spacial score (nSPS) is 14.8. The van der Waals surface area contributed by atoms with Gasteiger partial charge in [-0.3, -0.25) is 0 Å². The second kappa shape index (κ2) is 6.93. The van der Waals surface area contributed by atoms with Crippen LogP contribution in [0.25, 0.3) is 0 Å². The summed E-state index contributed by atoms with van der Waals surface area (Å²) in [5.74, 6) is 0.539. The molecule has 0 aliphatic heterocycles. The van der Waals surface area contributed by atoms with Gasteiger partial charge in [0, 0.05) is 11.1 Å². The minimum Gasteiger partial charge on any atom is -0.314 e. The van der Waals surface area contributed by atoms with Gasteiger partial charge < -0.3 is 5.32 Å². The van der Waals surface area contributed by atoms with Crippen LogP contribution in [-0.2, 0) is 0 Å². The molecule has 1 N–H and O–H groups in total. The third-order valence-electron chi connectivity index (χ3n) is 3.07. The molecule has 90 valence electrons. The third-order valence-corrected chi connectivity index (χ3v) is 3.32. The van der Waals surface area contributed by atoms with Crippen LogP contribution in [0.3, 0.4) is 0 Å². The maximum Gasteiger partial charge on any atom is 0.0406 e. The molecule has 0 spiro atoms. The van der Waals surface area contributed by atoms with E-state index in [9.17, 15) is 0 Å². The second-order valence-corrected chi connectivity index (χ2v) is 4.73. The smallest absolute Gasteiger partial charge is 0.0406 e. The number of rotatable bonds is 6. The molecule has 2 heteroatoms. The number of hydrogen-bond acceptors (Lipinski definition) is 1. The predicted molar refractivity (Wildman–Crippen MR) is 72.2 cm³/mol. The quantitative estimate of drug-likeness (QED) is 0.784. The topological polar surface area (TPSA) is 12.0 Å². The lowest BCUT2D eigenvalue weighted by Crippen LogP contribution is -2.33. The SMILES string of the molecule is CCCC(NCC)C(C)c1ccc(Cl)cc1. The highest BCUT2D eigenvalue weighted by atomic mass is 35.5. The molecule has 0 heterocycles. The van der Waals surface area contributed by atoms with Crippen molar-refractivity contribution < 1.29 is 0 Å². The maximum absolute atomic E-state index is 5.90. The molecule has 0 saturated heterocycles. The predicted octanol–water partition coefficient (Wildman–Crippen LogP) is 4.22. The van der Waals surface area contributed by atoms with E-state index in [4.69, 9.17) is 11.6 Å². The fourth-order valence-corrected chi connectivity index (χ4v) is 2.23. The summed E-state index contributed by atoms with van der Waals surface area (Å²) in [7, 11) is 0. The molecule has 2 unspecified atom stereocenters.